The number of fused-ring (bicyclic) bond motifs is 1. The summed E-state index contributed by atoms with van der Waals surface area (Å²) in [6.07, 6.45) is 0.401. The number of carbonyl (C=O) groups is 1. The van der Waals surface area contributed by atoms with Gasteiger partial charge in [0.15, 0.2) is 0 Å². The van der Waals surface area contributed by atoms with E-state index >= 15 is 0 Å². The molecule has 0 unspecified atom stereocenters. The predicted octanol–water partition coefficient (Wildman–Crippen LogP) is 3.22. The molecule has 0 radical (unpaired) electrons. The van der Waals surface area contributed by atoms with E-state index in [2.05, 4.69) is 42.9 Å². The maximum absolute atomic E-state index is 12.6. The second kappa shape index (κ2) is 8.56. The Morgan fingerprint density at radius 2 is 1.97 bits per heavy atom. The first-order valence-corrected chi connectivity index (χ1v) is 14.2. The molecule has 0 aromatic carbocycles. The zero-order valence-corrected chi connectivity index (χ0v) is 20.3. The summed E-state index contributed by atoms with van der Waals surface area (Å²) in [5.74, 6) is 4.69. The normalized spacial score (nSPS) is 19.6. The molecule has 1 amide bonds. The molecule has 1 aromatic heterocycles. The van der Waals surface area contributed by atoms with Crippen LogP contribution >= 0.6 is 0 Å². The predicted molar refractivity (Wildman–Crippen MR) is 120 cm³/mol. The van der Waals surface area contributed by atoms with Crippen LogP contribution in [0.4, 0.5) is 10.6 Å². The van der Waals surface area contributed by atoms with Gasteiger partial charge in [-0.15, -0.1) is 5.54 Å². The van der Waals surface area contributed by atoms with Crippen LogP contribution in [0.5, 0.6) is 0 Å². The highest BCUT2D eigenvalue weighted by molar-refractivity contribution is 6.83. The minimum absolute atomic E-state index is 0.236. The average molecular weight is 431 g/mol. The second-order valence-electron chi connectivity index (χ2n) is 10.1. The van der Waals surface area contributed by atoms with Crippen molar-refractivity contribution in [1.82, 2.24) is 14.9 Å². The number of ether oxygens (including phenoxy) is 2. The SMILES string of the molecule is C[C@@H]1COCCN1c1nc(C#C[Si](C)(C)C)nc2c1CCN(C(=O)OC(C)(C)C)C2. The lowest BCUT2D eigenvalue weighted by Gasteiger charge is -2.37. The fraction of sp³-hybridized carbons (Fsp3) is 0.682. The van der Waals surface area contributed by atoms with Crippen LogP contribution in [0, 0.1) is 11.5 Å². The largest absolute Gasteiger partial charge is 0.444 e. The molecule has 8 heteroatoms. The van der Waals surface area contributed by atoms with Crippen LogP contribution in [-0.4, -0.2) is 67.0 Å². The lowest BCUT2D eigenvalue weighted by atomic mass is 10.0. The first-order chi connectivity index (χ1) is 13.9. The van der Waals surface area contributed by atoms with Gasteiger partial charge in [-0.05, 0) is 40.0 Å². The summed E-state index contributed by atoms with van der Waals surface area (Å²) in [4.78, 5) is 26.3. The highest BCUT2D eigenvalue weighted by Crippen LogP contribution is 2.29. The van der Waals surface area contributed by atoms with Gasteiger partial charge in [0.25, 0.3) is 0 Å². The van der Waals surface area contributed by atoms with Crippen LogP contribution in [0.1, 0.15) is 44.8 Å². The van der Waals surface area contributed by atoms with Crippen molar-refractivity contribution in [2.75, 3.05) is 31.2 Å². The third kappa shape index (κ3) is 5.73. The third-order valence-electron chi connectivity index (χ3n) is 4.88. The Bertz CT molecular complexity index is 864. The van der Waals surface area contributed by atoms with E-state index < -0.39 is 13.7 Å². The van der Waals surface area contributed by atoms with Gasteiger partial charge in [-0.25, -0.2) is 14.8 Å². The molecular formula is C22H34N4O3Si. The Hall–Kier alpha value is -2.11. The summed E-state index contributed by atoms with van der Waals surface area (Å²) in [6, 6.07) is 0.236. The molecule has 3 heterocycles. The van der Waals surface area contributed by atoms with Crippen LogP contribution < -0.4 is 4.90 Å². The number of aromatic nitrogens is 2. The molecule has 2 aliphatic rings. The van der Waals surface area contributed by atoms with E-state index in [1.54, 1.807) is 4.90 Å². The van der Waals surface area contributed by atoms with Crippen molar-refractivity contribution >= 4 is 20.0 Å². The summed E-state index contributed by atoms with van der Waals surface area (Å²) in [5, 5.41) is 0. The quantitative estimate of drug-likeness (QED) is 0.503. The van der Waals surface area contributed by atoms with Gasteiger partial charge in [-0.1, -0.05) is 19.6 Å². The van der Waals surface area contributed by atoms with Crippen LogP contribution in [-0.2, 0) is 22.4 Å². The molecule has 1 aromatic rings. The molecule has 0 saturated carbocycles. The third-order valence-corrected chi connectivity index (χ3v) is 5.76. The van der Waals surface area contributed by atoms with Crippen molar-refractivity contribution in [2.45, 2.75) is 71.9 Å². The molecule has 7 nitrogen and oxygen atoms in total. The van der Waals surface area contributed by atoms with E-state index in [1.165, 1.54) is 0 Å². The highest BCUT2D eigenvalue weighted by atomic mass is 28.3. The first-order valence-electron chi connectivity index (χ1n) is 10.7. The molecule has 0 N–H and O–H groups in total. The molecular weight excluding hydrogens is 396 g/mol. The average Bonchev–Trinajstić information content (AvgIpc) is 2.64. The van der Waals surface area contributed by atoms with Gasteiger partial charge in [-0.2, -0.15) is 0 Å². The lowest BCUT2D eigenvalue weighted by molar-refractivity contribution is 0.0220. The maximum Gasteiger partial charge on any atom is 0.410 e. The summed E-state index contributed by atoms with van der Waals surface area (Å²) < 4.78 is 11.2. The van der Waals surface area contributed by atoms with Gasteiger partial charge in [0.2, 0.25) is 5.82 Å². The number of amides is 1. The Balaban J connectivity index is 1.97. The molecule has 0 aliphatic carbocycles. The number of hydrogen-bond donors (Lipinski definition) is 0. The van der Waals surface area contributed by atoms with Gasteiger partial charge in [0.1, 0.15) is 19.5 Å². The summed E-state index contributed by atoms with van der Waals surface area (Å²) >= 11 is 0. The molecule has 1 fully saturated rings. The summed E-state index contributed by atoms with van der Waals surface area (Å²) in [6.45, 7) is 17.6. The Labute approximate surface area is 181 Å². The molecule has 0 bridgehead atoms. The zero-order chi connectivity index (χ0) is 22.1. The number of rotatable bonds is 1. The summed E-state index contributed by atoms with van der Waals surface area (Å²) in [7, 11) is -1.56. The number of nitrogens with zero attached hydrogens (tertiary/aromatic N) is 4. The first kappa shape index (κ1) is 22.6. The Kier molecular flexibility index (Phi) is 6.44. The molecule has 1 atom stereocenters. The number of anilines is 1. The summed E-state index contributed by atoms with van der Waals surface area (Å²) in [5.41, 5.74) is 4.83. The van der Waals surface area contributed by atoms with E-state index in [0.29, 0.717) is 38.5 Å². The van der Waals surface area contributed by atoms with E-state index in [-0.39, 0.29) is 12.1 Å². The van der Waals surface area contributed by atoms with E-state index in [4.69, 9.17) is 19.4 Å². The molecule has 2 aliphatic heterocycles. The fourth-order valence-corrected chi connectivity index (χ4v) is 3.96. The molecule has 164 valence electrons. The molecule has 30 heavy (non-hydrogen) atoms. The van der Waals surface area contributed by atoms with Gasteiger partial charge < -0.3 is 19.3 Å². The molecule has 1 saturated heterocycles. The topological polar surface area (TPSA) is 67.8 Å². The van der Waals surface area contributed by atoms with Crippen LogP contribution in [0.2, 0.25) is 19.6 Å². The molecule has 0 spiro atoms. The Morgan fingerprint density at radius 1 is 1.23 bits per heavy atom. The van der Waals surface area contributed by atoms with Gasteiger partial charge >= 0.3 is 6.09 Å². The van der Waals surface area contributed by atoms with Crippen molar-refractivity contribution in [3.8, 4) is 11.5 Å². The van der Waals surface area contributed by atoms with E-state index in [1.807, 2.05) is 20.8 Å². The monoisotopic (exact) mass is 430 g/mol. The zero-order valence-electron chi connectivity index (χ0n) is 19.3. The smallest absolute Gasteiger partial charge is 0.410 e. The van der Waals surface area contributed by atoms with Gasteiger partial charge in [0.05, 0.1) is 31.5 Å². The van der Waals surface area contributed by atoms with Crippen molar-refractivity contribution < 1.29 is 14.3 Å². The fourth-order valence-electron chi connectivity index (χ4n) is 3.47. The minimum Gasteiger partial charge on any atom is -0.444 e. The number of morpholine rings is 1. The standard InChI is InChI=1S/C22H34N4O3Si/c1-16-15-28-12-11-26(16)20-17-8-10-25(21(27)29-22(2,3)4)14-18(17)23-19(24-20)9-13-30(5,6)7/h16H,8,10-12,14-15H2,1-7H3/t16-/m1/s1. The van der Waals surface area contributed by atoms with Crippen molar-refractivity contribution in [3.63, 3.8) is 0 Å². The van der Waals surface area contributed by atoms with Crippen molar-refractivity contribution in [2.24, 2.45) is 0 Å². The number of carbonyl (C=O) groups excluding carboxylic acids is 1. The highest BCUT2D eigenvalue weighted by Gasteiger charge is 2.31. The van der Waals surface area contributed by atoms with Crippen LogP contribution in [0.15, 0.2) is 0 Å². The van der Waals surface area contributed by atoms with Crippen molar-refractivity contribution in [3.05, 3.63) is 17.1 Å². The maximum atomic E-state index is 12.6. The minimum atomic E-state index is -1.56. The lowest BCUT2D eigenvalue weighted by Crippen LogP contribution is -2.46. The molecule has 3 rings (SSSR count). The Morgan fingerprint density at radius 3 is 2.60 bits per heavy atom. The van der Waals surface area contributed by atoms with E-state index in [0.717, 1.165) is 23.6 Å². The van der Waals surface area contributed by atoms with Gasteiger partial charge in [0, 0.05) is 18.7 Å². The van der Waals surface area contributed by atoms with Crippen molar-refractivity contribution in [1.29, 1.82) is 0 Å². The second-order valence-corrected chi connectivity index (χ2v) is 14.8. The van der Waals surface area contributed by atoms with Crippen LogP contribution in [0.25, 0.3) is 0 Å². The van der Waals surface area contributed by atoms with E-state index in [9.17, 15) is 4.79 Å². The van der Waals surface area contributed by atoms with Gasteiger partial charge in [-0.3, -0.25) is 0 Å². The number of hydrogen-bond acceptors (Lipinski definition) is 6. The van der Waals surface area contributed by atoms with Crippen LogP contribution in [0.3, 0.4) is 0 Å².